The van der Waals surface area contributed by atoms with Crippen molar-refractivity contribution in [3.63, 3.8) is 0 Å². The molecule has 1 aliphatic rings. The van der Waals surface area contributed by atoms with Gasteiger partial charge >= 0.3 is 0 Å². The van der Waals surface area contributed by atoms with Gasteiger partial charge in [0.05, 0.1) is 23.7 Å². The fourth-order valence-electron chi connectivity index (χ4n) is 3.52. The Morgan fingerprint density at radius 1 is 1.04 bits per heavy atom. The average Bonchev–Trinajstić information content (AvgIpc) is 2.96. The fourth-order valence-corrected chi connectivity index (χ4v) is 3.65. The summed E-state index contributed by atoms with van der Waals surface area (Å²) in [4.78, 5) is 4.80. The van der Waals surface area contributed by atoms with E-state index < -0.39 is 0 Å². The monoisotopic (exact) mass is 355 g/mol. The van der Waals surface area contributed by atoms with Crippen molar-refractivity contribution in [2.24, 2.45) is 0 Å². The average molecular weight is 356 g/mol. The number of fused-ring (bicyclic) bond motifs is 1. The molecule has 2 N–H and O–H groups in total. The zero-order chi connectivity index (χ0) is 17.2. The molecule has 0 amide bonds. The molecule has 4 nitrogen and oxygen atoms in total. The number of imidazole rings is 1. The Labute approximate surface area is 152 Å². The molecule has 2 aromatic carbocycles. The third kappa shape index (κ3) is 3.65. The zero-order valence-corrected chi connectivity index (χ0v) is 14.8. The van der Waals surface area contributed by atoms with Crippen LogP contribution in [0.5, 0.6) is 0 Å². The lowest BCUT2D eigenvalue weighted by atomic mass is 9.93. The first-order valence-electron chi connectivity index (χ1n) is 8.83. The van der Waals surface area contributed by atoms with Crippen LogP contribution in [0.25, 0.3) is 11.0 Å². The Hall–Kier alpha value is -2.04. The van der Waals surface area contributed by atoms with Crippen LogP contribution in [0.4, 0.5) is 5.95 Å². The van der Waals surface area contributed by atoms with Gasteiger partial charge in [-0.15, -0.1) is 0 Å². The smallest absolute Gasteiger partial charge is 0.204 e. The van der Waals surface area contributed by atoms with Crippen molar-refractivity contribution in [3.8, 4) is 0 Å². The van der Waals surface area contributed by atoms with Crippen LogP contribution in [-0.2, 0) is 6.54 Å². The topological polar surface area (TPSA) is 50.1 Å². The molecule has 0 bridgehead atoms. The van der Waals surface area contributed by atoms with Crippen LogP contribution in [0.15, 0.2) is 48.5 Å². The summed E-state index contributed by atoms with van der Waals surface area (Å²) in [5, 5.41) is 14.1. The van der Waals surface area contributed by atoms with E-state index in [2.05, 4.69) is 28.1 Å². The lowest BCUT2D eigenvalue weighted by Gasteiger charge is -2.26. The number of halogens is 1. The highest BCUT2D eigenvalue weighted by molar-refractivity contribution is 6.30. The number of para-hydroxylation sites is 2. The number of hydrogen-bond acceptors (Lipinski definition) is 3. The Kier molecular flexibility index (Phi) is 4.64. The SMILES string of the molecule is OC1CCC(Nc2nc3ccccc3n2Cc2ccc(Cl)cc2)CC1. The van der Waals surface area contributed by atoms with Gasteiger partial charge in [0.1, 0.15) is 0 Å². The lowest BCUT2D eigenvalue weighted by molar-refractivity contribution is 0.126. The summed E-state index contributed by atoms with van der Waals surface area (Å²) in [6.07, 6.45) is 3.52. The predicted octanol–water partition coefficient (Wildman–Crippen LogP) is 4.45. The Bertz CT molecular complexity index is 851. The number of benzene rings is 2. The summed E-state index contributed by atoms with van der Waals surface area (Å²) in [5.74, 6) is 0.900. The minimum Gasteiger partial charge on any atom is -0.393 e. The zero-order valence-electron chi connectivity index (χ0n) is 14.0. The second-order valence-electron chi connectivity index (χ2n) is 6.79. The van der Waals surface area contributed by atoms with E-state index in [-0.39, 0.29) is 6.10 Å². The van der Waals surface area contributed by atoms with Gasteiger partial charge in [0.15, 0.2) is 0 Å². The molecule has 5 heteroatoms. The molecule has 0 aliphatic heterocycles. The van der Waals surface area contributed by atoms with Crippen molar-refractivity contribution >= 4 is 28.6 Å². The molecular formula is C20H22ClN3O. The molecule has 0 atom stereocenters. The van der Waals surface area contributed by atoms with Crippen LogP contribution in [0, 0.1) is 0 Å². The van der Waals surface area contributed by atoms with Gasteiger partial charge in [-0.05, 0) is 55.5 Å². The minimum absolute atomic E-state index is 0.147. The molecule has 0 spiro atoms. The third-order valence-electron chi connectivity index (χ3n) is 4.94. The summed E-state index contributed by atoms with van der Waals surface area (Å²) >= 11 is 6.01. The van der Waals surface area contributed by atoms with Gasteiger partial charge in [0, 0.05) is 11.1 Å². The van der Waals surface area contributed by atoms with Crippen LogP contribution in [0.2, 0.25) is 5.02 Å². The van der Waals surface area contributed by atoms with Crippen LogP contribution < -0.4 is 5.32 Å². The van der Waals surface area contributed by atoms with E-state index >= 15 is 0 Å². The van der Waals surface area contributed by atoms with Gasteiger partial charge in [0.25, 0.3) is 0 Å². The van der Waals surface area contributed by atoms with Crippen LogP contribution in [-0.4, -0.2) is 26.8 Å². The van der Waals surface area contributed by atoms with E-state index in [0.29, 0.717) is 6.04 Å². The van der Waals surface area contributed by atoms with Gasteiger partial charge < -0.3 is 15.0 Å². The number of nitrogens with zero attached hydrogens (tertiary/aromatic N) is 2. The van der Waals surface area contributed by atoms with Gasteiger partial charge in [-0.25, -0.2) is 4.98 Å². The highest BCUT2D eigenvalue weighted by Crippen LogP contribution is 2.26. The van der Waals surface area contributed by atoms with E-state index in [1.165, 1.54) is 5.56 Å². The quantitative estimate of drug-likeness (QED) is 0.726. The molecule has 1 heterocycles. The van der Waals surface area contributed by atoms with Gasteiger partial charge in [-0.2, -0.15) is 0 Å². The van der Waals surface area contributed by atoms with Crippen molar-refractivity contribution in [1.82, 2.24) is 9.55 Å². The molecule has 4 rings (SSSR count). The normalized spacial score (nSPS) is 20.7. The highest BCUT2D eigenvalue weighted by atomic mass is 35.5. The maximum absolute atomic E-state index is 9.72. The Morgan fingerprint density at radius 3 is 2.52 bits per heavy atom. The Balaban J connectivity index is 1.64. The van der Waals surface area contributed by atoms with Gasteiger partial charge in [0.2, 0.25) is 5.95 Å². The first-order valence-corrected chi connectivity index (χ1v) is 9.21. The number of aliphatic hydroxyl groups is 1. The molecule has 0 saturated heterocycles. The predicted molar refractivity (Wildman–Crippen MR) is 102 cm³/mol. The Morgan fingerprint density at radius 2 is 1.76 bits per heavy atom. The summed E-state index contributed by atoms with van der Waals surface area (Å²) in [6, 6.07) is 16.5. The van der Waals surface area contributed by atoms with Crippen molar-refractivity contribution in [2.45, 2.75) is 44.4 Å². The number of aliphatic hydroxyl groups excluding tert-OH is 1. The lowest BCUT2D eigenvalue weighted by Crippen LogP contribution is -2.29. The fraction of sp³-hybridized carbons (Fsp3) is 0.350. The number of nitrogens with one attached hydrogen (secondary N) is 1. The summed E-state index contributed by atoms with van der Waals surface area (Å²) in [6.45, 7) is 0.745. The van der Waals surface area contributed by atoms with E-state index in [1.54, 1.807) is 0 Å². The molecule has 1 aliphatic carbocycles. The van der Waals surface area contributed by atoms with Gasteiger partial charge in [-0.1, -0.05) is 35.9 Å². The first-order chi connectivity index (χ1) is 12.2. The number of hydrogen-bond donors (Lipinski definition) is 2. The summed E-state index contributed by atoms with van der Waals surface area (Å²) < 4.78 is 2.23. The van der Waals surface area contributed by atoms with Crippen molar-refractivity contribution in [1.29, 1.82) is 0 Å². The van der Waals surface area contributed by atoms with E-state index in [1.807, 2.05) is 30.3 Å². The minimum atomic E-state index is -0.147. The molecule has 130 valence electrons. The largest absolute Gasteiger partial charge is 0.393 e. The molecule has 0 unspecified atom stereocenters. The van der Waals surface area contributed by atoms with Crippen molar-refractivity contribution < 1.29 is 5.11 Å². The van der Waals surface area contributed by atoms with Crippen molar-refractivity contribution in [3.05, 3.63) is 59.1 Å². The van der Waals surface area contributed by atoms with E-state index in [0.717, 1.165) is 54.2 Å². The highest BCUT2D eigenvalue weighted by Gasteiger charge is 2.21. The van der Waals surface area contributed by atoms with E-state index in [4.69, 9.17) is 16.6 Å². The number of aromatic nitrogens is 2. The van der Waals surface area contributed by atoms with Crippen LogP contribution >= 0.6 is 11.6 Å². The molecule has 0 radical (unpaired) electrons. The second kappa shape index (κ2) is 7.06. The summed E-state index contributed by atoms with van der Waals surface area (Å²) in [7, 11) is 0. The molecule has 1 fully saturated rings. The molecule has 1 saturated carbocycles. The van der Waals surface area contributed by atoms with Crippen LogP contribution in [0.3, 0.4) is 0 Å². The molecular weight excluding hydrogens is 334 g/mol. The molecule has 25 heavy (non-hydrogen) atoms. The van der Waals surface area contributed by atoms with Gasteiger partial charge in [-0.3, -0.25) is 0 Å². The van der Waals surface area contributed by atoms with Crippen LogP contribution in [0.1, 0.15) is 31.2 Å². The third-order valence-corrected chi connectivity index (χ3v) is 5.19. The number of rotatable bonds is 4. The molecule has 3 aromatic rings. The standard InChI is InChI=1S/C20H22ClN3O/c21-15-7-5-14(6-8-15)13-24-19-4-2-1-3-18(19)23-20(24)22-16-9-11-17(25)12-10-16/h1-8,16-17,25H,9-13H2,(H,22,23). The maximum Gasteiger partial charge on any atom is 0.204 e. The summed E-state index contributed by atoms with van der Waals surface area (Å²) in [5.41, 5.74) is 3.31. The first kappa shape index (κ1) is 16.4. The number of anilines is 1. The van der Waals surface area contributed by atoms with E-state index in [9.17, 15) is 5.11 Å². The maximum atomic E-state index is 9.72. The van der Waals surface area contributed by atoms with Crippen molar-refractivity contribution in [2.75, 3.05) is 5.32 Å². The second-order valence-corrected chi connectivity index (χ2v) is 7.22. The molecule has 1 aromatic heterocycles.